The molecule has 2 N–H and O–H groups in total. The first-order valence-corrected chi connectivity index (χ1v) is 8.25. The first kappa shape index (κ1) is 18.7. The third-order valence-corrected chi connectivity index (χ3v) is 3.76. The SMILES string of the molecule is O=C(/C=C/c1ccco1)NCCC(=O)Nc1ccccc1SC(F)F. The molecule has 0 fully saturated rings. The van der Waals surface area contributed by atoms with E-state index < -0.39 is 5.76 Å². The van der Waals surface area contributed by atoms with Crippen LogP contribution in [0, 0.1) is 0 Å². The van der Waals surface area contributed by atoms with Crippen LogP contribution in [0.2, 0.25) is 0 Å². The number of alkyl halides is 2. The highest BCUT2D eigenvalue weighted by atomic mass is 32.2. The highest BCUT2D eigenvalue weighted by Crippen LogP contribution is 2.31. The molecule has 1 aromatic heterocycles. The summed E-state index contributed by atoms with van der Waals surface area (Å²) in [5.41, 5.74) is 0.321. The Balaban J connectivity index is 1.76. The van der Waals surface area contributed by atoms with Gasteiger partial charge in [0.05, 0.1) is 12.0 Å². The summed E-state index contributed by atoms with van der Waals surface area (Å²) < 4.78 is 30.0. The molecule has 1 heterocycles. The van der Waals surface area contributed by atoms with Crippen molar-refractivity contribution in [2.75, 3.05) is 11.9 Å². The molecule has 0 aliphatic heterocycles. The molecule has 0 saturated carbocycles. The van der Waals surface area contributed by atoms with Crippen LogP contribution in [0.25, 0.3) is 6.08 Å². The first-order chi connectivity index (χ1) is 12.0. The van der Waals surface area contributed by atoms with Gasteiger partial charge < -0.3 is 15.1 Å². The van der Waals surface area contributed by atoms with Crippen LogP contribution < -0.4 is 10.6 Å². The van der Waals surface area contributed by atoms with Gasteiger partial charge in [0.15, 0.2) is 0 Å². The molecule has 2 amide bonds. The molecule has 5 nitrogen and oxygen atoms in total. The van der Waals surface area contributed by atoms with Crippen molar-refractivity contribution in [3.8, 4) is 0 Å². The zero-order valence-electron chi connectivity index (χ0n) is 13.1. The minimum atomic E-state index is -2.57. The van der Waals surface area contributed by atoms with E-state index in [1.165, 1.54) is 24.5 Å². The number of hydrogen-bond acceptors (Lipinski definition) is 4. The molecule has 132 valence electrons. The predicted molar refractivity (Wildman–Crippen MR) is 92.3 cm³/mol. The second-order valence-electron chi connectivity index (χ2n) is 4.81. The molecule has 0 spiro atoms. The molecule has 0 bridgehead atoms. The number of hydrogen-bond donors (Lipinski definition) is 2. The Morgan fingerprint density at radius 2 is 2.00 bits per heavy atom. The van der Waals surface area contributed by atoms with Crippen molar-refractivity contribution in [3.05, 3.63) is 54.5 Å². The zero-order chi connectivity index (χ0) is 18.1. The standard InChI is InChI=1S/C17H16F2N2O3S/c18-17(19)25-14-6-2-1-5-13(14)21-16(23)9-10-20-15(22)8-7-12-4-3-11-24-12/h1-8,11,17H,9-10H2,(H,20,22)(H,21,23)/b8-7+. The highest BCUT2D eigenvalue weighted by molar-refractivity contribution is 7.99. The van der Waals surface area contributed by atoms with Crippen LogP contribution in [0.3, 0.4) is 0 Å². The summed E-state index contributed by atoms with van der Waals surface area (Å²) in [5.74, 6) is -2.77. The van der Waals surface area contributed by atoms with Gasteiger partial charge in [-0.25, -0.2) is 0 Å². The smallest absolute Gasteiger partial charge is 0.288 e. The minimum Gasteiger partial charge on any atom is -0.465 e. The fourth-order valence-corrected chi connectivity index (χ4v) is 2.48. The number of thioether (sulfide) groups is 1. The van der Waals surface area contributed by atoms with Crippen molar-refractivity contribution in [2.24, 2.45) is 0 Å². The Kier molecular flexibility index (Phi) is 7.21. The van der Waals surface area contributed by atoms with Crippen molar-refractivity contribution >= 4 is 35.3 Å². The molecule has 1 aromatic carbocycles. The lowest BCUT2D eigenvalue weighted by Crippen LogP contribution is -2.26. The van der Waals surface area contributed by atoms with Gasteiger partial charge in [0.2, 0.25) is 11.8 Å². The van der Waals surface area contributed by atoms with Gasteiger partial charge in [0, 0.05) is 23.9 Å². The van der Waals surface area contributed by atoms with Crippen LogP contribution in [-0.4, -0.2) is 24.1 Å². The van der Waals surface area contributed by atoms with Gasteiger partial charge in [0.25, 0.3) is 5.76 Å². The summed E-state index contributed by atoms with van der Waals surface area (Å²) in [6.45, 7) is 0.122. The Labute approximate surface area is 147 Å². The largest absolute Gasteiger partial charge is 0.465 e. The zero-order valence-corrected chi connectivity index (χ0v) is 13.9. The van der Waals surface area contributed by atoms with E-state index in [4.69, 9.17) is 4.42 Å². The third kappa shape index (κ3) is 6.80. The van der Waals surface area contributed by atoms with E-state index in [2.05, 4.69) is 10.6 Å². The van der Waals surface area contributed by atoms with Gasteiger partial charge in [-0.15, -0.1) is 0 Å². The van der Waals surface area contributed by atoms with Gasteiger partial charge >= 0.3 is 0 Å². The summed E-state index contributed by atoms with van der Waals surface area (Å²) in [5, 5.41) is 5.12. The molecular weight excluding hydrogens is 350 g/mol. The fourth-order valence-electron chi connectivity index (χ4n) is 1.88. The highest BCUT2D eigenvalue weighted by Gasteiger charge is 2.11. The Hall–Kier alpha value is -2.61. The second-order valence-corrected chi connectivity index (χ2v) is 5.84. The van der Waals surface area contributed by atoms with E-state index in [1.807, 2.05) is 0 Å². The number of rotatable bonds is 8. The molecule has 0 radical (unpaired) electrons. The van der Waals surface area contributed by atoms with Crippen LogP contribution in [0.15, 0.2) is 58.1 Å². The number of carbonyl (C=O) groups is 2. The maximum Gasteiger partial charge on any atom is 0.288 e. The van der Waals surface area contributed by atoms with E-state index in [0.717, 1.165) is 0 Å². The maximum absolute atomic E-state index is 12.5. The average Bonchev–Trinajstić information content (AvgIpc) is 3.08. The van der Waals surface area contributed by atoms with Gasteiger partial charge in [-0.2, -0.15) is 8.78 Å². The summed E-state index contributed by atoms with van der Waals surface area (Å²) in [6.07, 6.45) is 4.32. The van der Waals surface area contributed by atoms with Crippen molar-refractivity contribution < 1.29 is 22.8 Å². The van der Waals surface area contributed by atoms with Crippen molar-refractivity contribution in [2.45, 2.75) is 17.1 Å². The Morgan fingerprint density at radius 3 is 2.72 bits per heavy atom. The topological polar surface area (TPSA) is 71.3 Å². The molecule has 8 heteroatoms. The number of carbonyl (C=O) groups excluding carboxylic acids is 2. The molecular formula is C17H16F2N2O3S. The first-order valence-electron chi connectivity index (χ1n) is 7.37. The molecule has 2 rings (SSSR count). The molecule has 0 atom stereocenters. The lowest BCUT2D eigenvalue weighted by atomic mass is 10.3. The lowest BCUT2D eigenvalue weighted by Gasteiger charge is -2.10. The number of para-hydroxylation sites is 1. The van der Waals surface area contributed by atoms with E-state index in [0.29, 0.717) is 23.2 Å². The van der Waals surface area contributed by atoms with Gasteiger partial charge in [-0.3, -0.25) is 9.59 Å². The Bertz CT molecular complexity index is 733. The van der Waals surface area contributed by atoms with Gasteiger partial charge in [0.1, 0.15) is 5.76 Å². The molecule has 0 saturated heterocycles. The monoisotopic (exact) mass is 366 g/mol. The van der Waals surface area contributed by atoms with Gasteiger partial charge in [-0.1, -0.05) is 23.9 Å². The summed E-state index contributed by atoms with van der Waals surface area (Å²) >= 11 is 0.365. The summed E-state index contributed by atoms with van der Waals surface area (Å²) in [7, 11) is 0. The number of halogens is 2. The Morgan fingerprint density at radius 1 is 1.20 bits per heavy atom. The normalized spacial score (nSPS) is 11.0. The van der Waals surface area contributed by atoms with Crippen LogP contribution in [0.4, 0.5) is 14.5 Å². The number of furan rings is 1. The molecule has 0 aliphatic carbocycles. The van der Waals surface area contributed by atoms with E-state index in [1.54, 1.807) is 30.3 Å². The summed E-state index contributed by atoms with van der Waals surface area (Å²) in [6, 6.07) is 9.72. The molecule has 2 aromatic rings. The predicted octanol–water partition coefficient (Wildman–Crippen LogP) is 3.75. The van der Waals surface area contributed by atoms with E-state index in [-0.39, 0.29) is 29.7 Å². The fraction of sp³-hybridized carbons (Fsp3) is 0.176. The molecule has 25 heavy (non-hydrogen) atoms. The number of anilines is 1. The summed E-state index contributed by atoms with van der Waals surface area (Å²) in [4.78, 5) is 23.8. The minimum absolute atomic E-state index is 0.0218. The van der Waals surface area contributed by atoms with Crippen LogP contribution in [0.5, 0.6) is 0 Å². The molecule has 0 unspecified atom stereocenters. The van der Waals surface area contributed by atoms with Gasteiger partial charge in [-0.05, 0) is 30.3 Å². The lowest BCUT2D eigenvalue weighted by molar-refractivity contribution is -0.117. The number of amides is 2. The van der Waals surface area contributed by atoms with Crippen molar-refractivity contribution in [3.63, 3.8) is 0 Å². The number of benzene rings is 1. The quantitative estimate of drug-likeness (QED) is 0.551. The number of nitrogens with one attached hydrogen (secondary N) is 2. The maximum atomic E-state index is 12.5. The van der Waals surface area contributed by atoms with Crippen LogP contribution in [-0.2, 0) is 9.59 Å². The van der Waals surface area contributed by atoms with Crippen LogP contribution >= 0.6 is 11.8 Å². The molecule has 0 aliphatic rings. The van der Waals surface area contributed by atoms with Crippen molar-refractivity contribution in [1.29, 1.82) is 0 Å². The van der Waals surface area contributed by atoms with E-state index >= 15 is 0 Å². The second kappa shape index (κ2) is 9.63. The van der Waals surface area contributed by atoms with Crippen molar-refractivity contribution in [1.82, 2.24) is 5.32 Å². The average molecular weight is 366 g/mol. The van der Waals surface area contributed by atoms with Crippen LogP contribution in [0.1, 0.15) is 12.2 Å². The third-order valence-electron chi connectivity index (χ3n) is 2.97. The van der Waals surface area contributed by atoms with E-state index in [9.17, 15) is 18.4 Å².